The lowest BCUT2D eigenvalue weighted by Gasteiger charge is -2.08. The van der Waals surface area contributed by atoms with Gasteiger partial charge in [-0.05, 0) is 24.6 Å². The lowest BCUT2D eigenvalue weighted by molar-refractivity contribution is -0.154. The fourth-order valence-electron chi connectivity index (χ4n) is 1.63. The molecule has 2 aromatic rings. The first-order chi connectivity index (χ1) is 11.7. The Morgan fingerprint density at radius 2 is 1.68 bits per heavy atom. The summed E-state index contributed by atoms with van der Waals surface area (Å²) < 4.78 is 34.4. The lowest BCUT2D eigenvalue weighted by Crippen LogP contribution is -2.30. The van der Waals surface area contributed by atoms with E-state index in [2.05, 4.69) is 0 Å². The van der Waals surface area contributed by atoms with E-state index in [-0.39, 0.29) is 18.0 Å². The van der Waals surface area contributed by atoms with Gasteiger partial charge >= 0.3 is 5.97 Å². The van der Waals surface area contributed by atoms with Gasteiger partial charge in [-0.3, -0.25) is 4.55 Å². The van der Waals surface area contributed by atoms with Gasteiger partial charge < -0.3 is 15.6 Å². The number of benzene rings is 2. The van der Waals surface area contributed by atoms with Gasteiger partial charge in [0.15, 0.2) is 6.10 Å². The van der Waals surface area contributed by atoms with Crippen molar-refractivity contribution < 1.29 is 27.6 Å². The van der Waals surface area contributed by atoms with E-state index in [1.807, 2.05) is 37.3 Å². The Bertz CT molecular complexity index is 759. The maximum Gasteiger partial charge on any atom is 0.336 e. The van der Waals surface area contributed by atoms with E-state index >= 15 is 0 Å². The van der Waals surface area contributed by atoms with Crippen LogP contribution in [-0.4, -0.2) is 36.7 Å². The lowest BCUT2D eigenvalue weighted by atomic mass is 10.2. The van der Waals surface area contributed by atoms with Gasteiger partial charge in [0.25, 0.3) is 10.1 Å². The van der Waals surface area contributed by atoms with Gasteiger partial charge in [0, 0.05) is 6.54 Å². The Hall–Kier alpha value is -2.26. The number of hydrogen-bond acceptors (Lipinski definition) is 6. The van der Waals surface area contributed by atoms with Crippen molar-refractivity contribution in [2.75, 3.05) is 6.54 Å². The summed E-state index contributed by atoms with van der Waals surface area (Å²) in [4.78, 5) is 10.9. The van der Waals surface area contributed by atoms with Crippen molar-refractivity contribution in [2.45, 2.75) is 24.5 Å². The number of aliphatic hydroxyl groups is 1. The molecule has 0 saturated carbocycles. The zero-order valence-electron chi connectivity index (χ0n) is 13.7. The molecule has 136 valence electrons. The van der Waals surface area contributed by atoms with Crippen molar-refractivity contribution in [3.63, 3.8) is 0 Å². The maximum atomic E-state index is 11.0. The molecule has 0 spiro atoms. The van der Waals surface area contributed by atoms with E-state index in [0.717, 1.165) is 11.1 Å². The number of hydrogen-bond donors (Lipinski definition) is 3. The normalized spacial score (nSPS) is 11.8. The third-order valence-corrected chi connectivity index (χ3v) is 3.91. The minimum absolute atomic E-state index is 0.0666. The SMILES string of the molecule is Cc1ccc(S(=O)(=O)O)cc1.NCC(O)C(=O)OCc1ccccc1. The second-order valence-electron chi connectivity index (χ2n) is 5.13. The highest BCUT2D eigenvalue weighted by molar-refractivity contribution is 7.85. The Morgan fingerprint density at radius 1 is 1.12 bits per heavy atom. The molecule has 0 amide bonds. The van der Waals surface area contributed by atoms with Crippen LogP contribution in [0, 0.1) is 6.92 Å². The fraction of sp³-hybridized carbons (Fsp3) is 0.235. The molecule has 25 heavy (non-hydrogen) atoms. The molecular weight excluding hydrogens is 346 g/mol. The van der Waals surface area contributed by atoms with E-state index in [0.29, 0.717) is 0 Å². The van der Waals surface area contributed by atoms with Crippen molar-refractivity contribution >= 4 is 16.1 Å². The van der Waals surface area contributed by atoms with E-state index in [4.69, 9.17) is 20.1 Å². The summed E-state index contributed by atoms with van der Waals surface area (Å²) in [6.45, 7) is 1.89. The van der Waals surface area contributed by atoms with Crippen LogP contribution in [0.2, 0.25) is 0 Å². The van der Waals surface area contributed by atoms with Crippen LogP contribution < -0.4 is 5.73 Å². The van der Waals surface area contributed by atoms with Crippen LogP contribution in [-0.2, 0) is 26.3 Å². The number of ether oxygens (including phenoxy) is 1. The molecule has 0 heterocycles. The third-order valence-electron chi connectivity index (χ3n) is 3.04. The summed E-state index contributed by atoms with van der Waals surface area (Å²) in [5.74, 6) is -0.684. The van der Waals surface area contributed by atoms with Crippen molar-refractivity contribution in [1.82, 2.24) is 0 Å². The summed E-state index contributed by atoms with van der Waals surface area (Å²) >= 11 is 0. The highest BCUT2D eigenvalue weighted by Crippen LogP contribution is 2.08. The largest absolute Gasteiger partial charge is 0.459 e. The van der Waals surface area contributed by atoms with Crippen LogP contribution in [0.3, 0.4) is 0 Å². The van der Waals surface area contributed by atoms with Crippen LogP contribution in [0.5, 0.6) is 0 Å². The zero-order chi connectivity index (χ0) is 18.9. The second kappa shape index (κ2) is 9.90. The molecule has 0 saturated heterocycles. The number of nitrogens with two attached hydrogens (primary N) is 1. The summed E-state index contributed by atoms with van der Waals surface area (Å²) in [6, 6.07) is 15.2. The number of esters is 1. The zero-order valence-corrected chi connectivity index (χ0v) is 14.5. The molecule has 7 nitrogen and oxygen atoms in total. The number of aliphatic hydroxyl groups excluding tert-OH is 1. The molecule has 0 aliphatic carbocycles. The quantitative estimate of drug-likeness (QED) is 0.537. The first-order valence-corrected chi connectivity index (χ1v) is 8.81. The van der Waals surface area contributed by atoms with E-state index in [1.165, 1.54) is 12.1 Å². The number of carbonyl (C=O) groups excluding carboxylic acids is 1. The molecule has 0 radical (unpaired) electrons. The first-order valence-electron chi connectivity index (χ1n) is 7.37. The predicted octanol–water partition coefficient (Wildman–Crippen LogP) is 1.29. The summed E-state index contributed by atoms with van der Waals surface area (Å²) in [6.07, 6.45) is -1.22. The second-order valence-corrected chi connectivity index (χ2v) is 6.55. The highest BCUT2D eigenvalue weighted by Gasteiger charge is 2.13. The highest BCUT2D eigenvalue weighted by atomic mass is 32.2. The van der Waals surface area contributed by atoms with E-state index < -0.39 is 22.2 Å². The van der Waals surface area contributed by atoms with Crippen LogP contribution in [0.25, 0.3) is 0 Å². The van der Waals surface area contributed by atoms with E-state index in [9.17, 15) is 13.2 Å². The molecule has 2 rings (SSSR count). The minimum atomic E-state index is -4.02. The first kappa shape index (κ1) is 20.8. The van der Waals surface area contributed by atoms with Gasteiger partial charge in [-0.15, -0.1) is 0 Å². The number of rotatable bonds is 5. The summed E-state index contributed by atoms with van der Waals surface area (Å²) in [5, 5.41) is 9.00. The molecule has 0 aliphatic heterocycles. The van der Waals surface area contributed by atoms with Gasteiger partial charge in [0.2, 0.25) is 0 Å². The van der Waals surface area contributed by atoms with Gasteiger partial charge in [-0.2, -0.15) is 8.42 Å². The molecular formula is C17H21NO6S. The Morgan fingerprint density at radius 3 is 2.16 bits per heavy atom. The number of aryl methyl sites for hydroxylation is 1. The Kier molecular flexibility index (Phi) is 8.23. The van der Waals surface area contributed by atoms with Crippen molar-refractivity contribution in [3.8, 4) is 0 Å². The van der Waals surface area contributed by atoms with Crippen molar-refractivity contribution in [3.05, 3.63) is 65.7 Å². The fourth-order valence-corrected chi connectivity index (χ4v) is 2.11. The topological polar surface area (TPSA) is 127 Å². The maximum absolute atomic E-state index is 11.0. The average Bonchev–Trinajstić information content (AvgIpc) is 2.60. The minimum Gasteiger partial charge on any atom is -0.459 e. The molecule has 2 aromatic carbocycles. The van der Waals surface area contributed by atoms with E-state index in [1.54, 1.807) is 12.1 Å². The molecule has 8 heteroatoms. The van der Waals surface area contributed by atoms with Crippen molar-refractivity contribution in [2.24, 2.45) is 5.73 Å². The predicted molar refractivity (Wildman–Crippen MR) is 92.3 cm³/mol. The van der Waals surface area contributed by atoms with Gasteiger partial charge in [-0.1, -0.05) is 48.0 Å². The Labute approximate surface area is 146 Å². The molecule has 1 unspecified atom stereocenters. The monoisotopic (exact) mass is 367 g/mol. The van der Waals surface area contributed by atoms with Crippen molar-refractivity contribution in [1.29, 1.82) is 0 Å². The molecule has 0 aliphatic rings. The standard InChI is InChI=1S/C10H13NO3.C7H8O3S/c11-6-9(12)10(13)14-7-8-4-2-1-3-5-8;1-6-2-4-7(5-3-6)11(8,9)10/h1-5,9,12H,6-7,11H2;2-5H,1H3,(H,8,9,10). The molecule has 0 fully saturated rings. The smallest absolute Gasteiger partial charge is 0.336 e. The average molecular weight is 367 g/mol. The third kappa shape index (κ3) is 7.90. The van der Waals surface area contributed by atoms with Crippen LogP contribution in [0.4, 0.5) is 0 Å². The van der Waals surface area contributed by atoms with Crippen LogP contribution >= 0.6 is 0 Å². The van der Waals surface area contributed by atoms with Gasteiger partial charge in [0.1, 0.15) is 6.61 Å². The molecule has 4 N–H and O–H groups in total. The number of carbonyl (C=O) groups is 1. The van der Waals surface area contributed by atoms with Gasteiger partial charge in [0.05, 0.1) is 4.90 Å². The molecule has 0 aromatic heterocycles. The van der Waals surface area contributed by atoms with Crippen LogP contribution in [0.1, 0.15) is 11.1 Å². The van der Waals surface area contributed by atoms with Crippen LogP contribution in [0.15, 0.2) is 59.5 Å². The molecule has 1 atom stereocenters. The Balaban J connectivity index is 0.000000257. The van der Waals surface area contributed by atoms with Gasteiger partial charge in [-0.25, -0.2) is 4.79 Å². The summed E-state index contributed by atoms with van der Waals surface area (Å²) in [7, 11) is -4.02. The molecule has 0 bridgehead atoms. The summed E-state index contributed by atoms with van der Waals surface area (Å²) in [5.41, 5.74) is 6.93.